The van der Waals surface area contributed by atoms with Crippen molar-refractivity contribution in [3.05, 3.63) is 48.0 Å². The number of hydrogen-bond donors (Lipinski definition) is 4. The van der Waals surface area contributed by atoms with Crippen LogP contribution < -0.4 is 21.3 Å². The molecule has 2 fully saturated rings. The number of hydrogen-bond acceptors (Lipinski definition) is 9. The molecule has 60 heavy (non-hydrogen) atoms. The Morgan fingerprint density at radius 1 is 1.03 bits per heavy atom. The van der Waals surface area contributed by atoms with Crippen molar-refractivity contribution in [3.8, 4) is 0 Å². The maximum atomic E-state index is 15.1. The van der Waals surface area contributed by atoms with Crippen LogP contribution in [-0.4, -0.2) is 128 Å². The van der Waals surface area contributed by atoms with Gasteiger partial charge < -0.3 is 35.8 Å². The molecule has 2 aliphatic heterocycles. The van der Waals surface area contributed by atoms with E-state index in [4.69, 9.17) is 4.74 Å². The molecule has 1 saturated carbocycles. The molecule has 17 heteroatoms. The number of fused-ring (bicyclic) bond motifs is 1. The van der Waals surface area contributed by atoms with Gasteiger partial charge in [0.1, 0.15) is 18.2 Å². The molecule has 334 valence electrons. The van der Waals surface area contributed by atoms with Gasteiger partial charge in [-0.15, -0.1) is 6.58 Å². The number of nitrogens with zero attached hydrogens (tertiary/aromatic N) is 3. The number of amides is 6. The third kappa shape index (κ3) is 12.8. The fourth-order valence-electron chi connectivity index (χ4n) is 8.21. The van der Waals surface area contributed by atoms with Crippen molar-refractivity contribution in [1.82, 2.24) is 35.4 Å². The fraction of sp³-hybridized carbons (Fsp3) is 0.674. The SMILES string of the molecule is C=CCNC(=O)C(=O)C(CCCC)NC(=O)[C@@H]1C[C@@H](OC(=O)N2CCc3ccccc3C2)CN1C(=O)[C@@H](NC(=O)N[C@H](CN(C)S(C)(=O)=O)C(C)(C)C)C1(C)CCCCC1. The van der Waals surface area contributed by atoms with Crippen LogP contribution in [0.25, 0.3) is 0 Å². The highest BCUT2D eigenvalue weighted by molar-refractivity contribution is 7.88. The molecule has 6 amide bonds. The molecule has 1 aromatic carbocycles. The summed E-state index contributed by atoms with van der Waals surface area (Å²) in [6.45, 7) is 13.7. The van der Waals surface area contributed by atoms with Crippen molar-refractivity contribution in [2.75, 3.05) is 39.5 Å². The van der Waals surface area contributed by atoms with Crippen LogP contribution in [0.2, 0.25) is 0 Å². The van der Waals surface area contributed by atoms with Gasteiger partial charge in [0.2, 0.25) is 27.6 Å². The highest BCUT2D eigenvalue weighted by Crippen LogP contribution is 2.40. The second kappa shape index (κ2) is 20.8. The van der Waals surface area contributed by atoms with Gasteiger partial charge >= 0.3 is 12.1 Å². The lowest BCUT2D eigenvalue weighted by Gasteiger charge is -2.43. The molecule has 0 radical (unpaired) electrons. The molecule has 1 saturated heterocycles. The second-order valence-corrected chi connectivity index (χ2v) is 20.1. The van der Waals surface area contributed by atoms with Gasteiger partial charge in [-0.1, -0.05) is 97.1 Å². The number of unbranched alkanes of at least 4 members (excludes halogenated alkanes) is 1. The summed E-state index contributed by atoms with van der Waals surface area (Å²) in [5, 5.41) is 11.1. The Balaban J connectivity index is 1.65. The zero-order chi connectivity index (χ0) is 44.4. The van der Waals surface area contributed by atoms with E-state index in [0.29, 0.717) is 45.2 Å². The average Bonchev–Trinajstić information content (AvgIpc) is 3.62. The molecular weight excluding hydrogens is 791 g/mol. The molecule has 5 atom stereocenters. The Morgan fingerprint density at radius 3 is 2.32 bits per heavy atom. The number of Topliss-reactive ketones (excluding diaryl/α,β-unsaturated/α-hetero) is 1. The number of likely N-dealkylation sites (N-methyl/N-ethyl adjacent to an activating group) is 1. The number of carbonyl (C=O) groups excluding carboxylic acids is 6. The van der Waals surface area contributed by atoms with Crippen LogP contribution in [0.3, 0.4) is 0 Å². The van der Waals surface area contributed by atoms with Crippen LogP contribution in [0.4, 0.5) is 9.59 Å². The Labute approximate surface area is 356 Å². The van der Waals surface area contributed by atoms with Gasteiger partial charge in [-0.25, -0.2) is 22.3 Å². The minimum absolute atomic E-state index is 0.0147. The summed E-state index contributed by atoms with van der Waals surface area (Å²) in [5.41, 5.74) is 0.847. The van der Waals surface area contributed by atoms with E-state index in [1.54, 1.807) is 4.90 Å². The highest BCUT2D eigenvalue weighted by atomic mass is 32.2. The summed E-state index contributed by atoms with van der Waals surface area (Å²) < 4.78 is 31.9. The van der Waals surface area contributed by atoms with Crippen molar-refractivity contribution in [1.29, 1.82) is 0 Å². The first-order valence-electron chi connectivity index (χ1n) is 21.2. The van der Waals surface area contributed by atoms with Gasteiger partial charge in [0.05, 0.1) is 18.8 Å². The zero-order valence-corrected chi connectivity index (χ0v) is 37.3. The fourth-order valence-corrected chi connectivity index (χ4v) is 8.63. The summed E-state index contributed by atoms with van der Waals surface area (Å²) in [4.78, 5) is 86.2. The maximum absolute atomic E-state index is 15.1. The van der Waals surface area contributed by atoms with Crippen molar-refractivity contribution >= 4 is 45.7 Å². The first-order chi connectivity index (χ1) is 28.2. The molecule has 1 aliphatic carbocycles. The van der Waals surface area contributed by atoms with E-state index < -0.39 is 86.8 Å². The van der Waals surface area contributed by atoms with Crippen LogP contribution in [0.5, 0.6) is 0 Å². The number of urea groups is 1. The third-order valence-electron chi connectivity index (χ3n) is 12.2. The smallest absolute Gasteiger partial charge is 0.410 e. The summed E-state index contributed by atoms with van der Waals surface area (Å²) in [6, 6.07) is 3.01. The lowest BCUT2D eigenvalue weighted by Crippen LogP contribution is -2.63. The van der Waals surface area contributed by atoms with Crippen molar-refractivity contribution in [2.24, 2.45) is 10.8 Å². The molecule has 3 aliphatic rings. The molecule has 2 heterocycles. The van der Waals surface area contributed by atoms with E-state index in [1.807, 2.05) is 58.9 Å². The molecular formula is C43H67N7O9S. The summed E-state index contributed by atoms with van der Waals surface area (Å²) in [6.07, 6.45) is 6.80. The average molecular weight is 858 g/mol. The van der Waals surface area contributed by atoms with Crippen LogP contribution in [0.15, 0.2) is 36.9 Å². The summed E-state index contributed by atoms with van der Waals surface area (Å²) in [7, 11) is -2.14. The molecule has 4 N–H and O–H groups in total. The lowest BCUT2D eigenvalue weighted by molar-refractivity contribution is -0.144. The van der Waals surface area contributed by atoms with Gasteiger partial charge in [0, 0.05) is 45.7 Å². The second-order valence-electron chi connectivity index (χ2n) is 18.0. The van der Waals surface area contributed by atoms with E-state index in [9.17, 15) is 32.4 Å². The van der Waals surface area contributed by atoms with Crippen molar-refractivity contribution in [3.63, 3.8) is 0 Å². The number of carbonyl (C=O) groups is 6. The van der Waals surface area contributed by atoms with Crippen LogP contribution >= 0.6 is 0 Å². The molecule has 0 aromatic heterocycles. The first kappa shape index (κ1) is 48.2. The van der Waals surface area contributed by atoms with Crippen LogP contribution in [-0.2, 0) is 46.9 Å². The third-order valence-corrected chi connectivity index (χ3v) is 13.5. The quantitative estimate of drug-likeness (QED) is 0.133. The highest BCUT2D eigenvalue weighted by Gasteiger charge is 2.49. The normalized spacial score (nSPS) is 20.5. The molecule has 1 unspecified atom stereocenters. The van der Waals surface area contributed by atoms with Gasteiger partial charge in [0.25, 0.3) is 5.91 Å². The molecule has 1 aromatic rings. The minimum atomic E-state index is -3.57. The Kier molecular flexibility index (Phi) is 16.7. The van der Waals surface area contributed by atoms with Gasteiger partial charge in [0.15, 0.2) is 0 Å². The number of sulfonamides is 1. The number of likely N-dealkylation sites (tertiary alicyclic amines) is 1. The topological polar surface area (TPSA) is 204 Å². The number of nitrogens with one attached hydrogen (secondary N) is 4. The predicted octanol–water partition coefficient (Wildman–Crippen LogP) is 3.64. The summed E-state index contributed by atoms with van der Waals surface area (Å²) >= 11 is 0. The predicted molar refractivity (Wildman–Crippen MR) is 228 cm³/mol. The van der Waals surface area contributed by atoms with Crippen LogP contribution in [0, 0.1) is 10.8 Å². The standard InChI is InChI=1S/C43H67N7O9S/c1-9-11-19-32(35(51)38(53)44-23-10-2)45-37(52)33-25-31(59-41(56)49-24-20-29-17-13-14-18-30(29)26-49)27-50(33)39(54)36(43(6)21-15-12-16-22-43)47-40(55)46-34(42(3,4)5)28-48(7)60(8,57)58/h10,13-14,17-18,31-34,36H,2,9,11-12,15-16,19-28H2,1,3-8H3,(H,44,53)(H,45,52)(H2,46,47,55)/t31-,32?,33+,34-,36-/m1/s1. The minimum Gasteiger partial charge on any atom is -0.444 e. The van der Waals surface area contributed by atoms with Gasteiger partial charge in [-0.3, -0.25) is 19.2 Å². The van der Waals surface area contributed by atoms with Gasteiger partial charge in [-0.05, 0) is 47.6 Å². The lowest BCUT2D eigenvalue weighted by atomic mass is 9.70. The Bertz CT molecular complexity index is 1840. The van der Waals surface area contributed by atoms with Crippen molar-refractivity contribution in [2.45, 2.75) is 136 Å². The number of ketones is 1. The first-order valence-corrected chi connectivity index (χ1v) is 23.1. The van der Waals surface area contributed by atoms with Crippen LogP contribution in [0.1, 0.15) is 104 Å². The largest absolute Gasteiger partial charge is 0.444 e. The van der Waals surface area contributed by atoms with Gasteiger partial charge in [-0.2, -0.15) is 0 Å². The Hall–Kier alpha value is -4.51. The van der Waals surface area contributed by atoms with Crippen molar-refractivity contribution < 1.29 is 41.9 Å². The number of benzene rings is 1. The van der Waals surface area contributed by atoms with E-state index in [2.05, 4.69) is 27.8 Å². The molecule has 0 bridgehead atoms. The molecule has 16 nitrogen and oxygen atoms in total. The van der Waals surface area contributed by atoms with E-state index in [-0.39, 0.29) is 32.5 Å². The maximum Gasteiger partial charge on any atom is 0.410 e. The molecule has 0 spiro atoms. The Morgan fingerprint density at radius 2 is 1.70 bits per heavy atom. The zero-order valence-electron chi connectivity index (χ0n) is 36.5. The van der Waals surface area contributed by atoms with E-state index in [1.165, 1.54) is 18.0 Å². The molecule has 4 rings (SSSR count). The van der Waals surface area contributed by atoms with E-state index in [0.717, 1.165) is 41.0 Å². The summed E-state index contributed by atoms with van der Waals surface area (Å²) in [5.74, 6) is -2.94. The number of ether oxygens (including phenoxy) is 1. The number of rotatable bonds is 17. The monoisotopic (exact) mass is 857 g/mol. The van der Waals surface area contributed by atoms with E-state index >= 15 is 4.79 Å².